The molecule has 114 valence electrons. The monoisotopic (exact) mass is 287 g/mol. The fourth-order valence-electron chi connectivity index (χ4n) is 2.39. The molecule has 1 N–H and O–H groups in total. The average molecular weight is 287 g/mol. The zero-order valence-electron chi connectivity index (χ0n) is 13.0. The van der Waals surface area contributed by atoms with Crippen LogP contribution in [0, 0.1) is 0 Å². The lowest BCUT2D eigenvalue weighted by Crippen LogP contribution is -2.26. The molecule has 0 aliphatic rings. The first kappa shape index (κ1) is 15.6. The van der Waals surface area contributed by atoms with Crippen LogP contribution < -0.4 is 10.1 Å². The van der Waals surface area contributed by atoms with Crippen molar-refractivity contribution < 1.29 is 4.74 Å². The van der Waals surface area contributed by atoms with Gasteiger partial charge in [0.2, 0.25) is 0 Å². The van der Waals surface area contributed by atoms with Crippen molar-refractivity contribution in [1.82, 2.24) is 15.1 Å². The van der Waals surface area contributed by atoms with Gasteiger partial charge in [-0.15, -0.1) is 0 Å². The van der Waals surface area contributed by atoms with Crippen molar-refractivity contribution in [3.63, 3.8) is 0 Å². The van der Waals surface area contributed by atoms with Crippen LogP contribution >= 0.6 is 0 Å². The largest absolute Gasteiger partial charge is 0.494 e. The quantitative estimate of drug-likeness (QED) is 0.768. The first-order valence-corrected chi connectivity index (χ1v) is 7.78. The second-order valence-corrected chi connectivity index (χ2v) is 5.03. The molecule has 0 bridgehead atoms. The van der Waals surface area contributed by atoms with Crippen molar-refractivity contribution >= 4 is 0 Å². The van der Waals surface area contributed by atoms with Gasteiger partial charge in [0.25, 0.3) is 0 Å². The van der Waals surface area contributed by atoms with Crippen LogP contribution in [-0.2, 0) is 6.54 Å². The second kappa shape index (κ2) is 8.47. The molecule has 1 heterocycles. The van der Waals surface area contributed by atoms with Gasteiger partial charge < -0.3 is 10.1 Å². The molecule has 2 rings (SSSR count). The first-order valence-electron chi connectivity index (χ1n) is 7.78. The number of para-hydroxylation sites is 1. The molecular weight excluding hydrogens is 262 g/mol. The van der Waals surface area contributed by atoms with Gasteiger partial charge >= 0.3 is 0 Å². The number of hydrogen-bond donors (Lipinski definition) is 1. The van der Waals surface area contributed by atoms with Crippen LogP contribution in [0.4, 0.5) is 0 Å². The molecular formula is C17H25N3O. The van der Waals surface area contributed by atoms with Crippen LogP contribution in [0.15, 0.2) is 42.6 Å². The van der Waals surface area contributed by atoms with E-state index in [1.165, 1.54) is 5.69 Å². The Kier molecular flexibility index (Phi) is 6.28. The summed E-state index contributed by atoms with van der Waals surface area (Å²) < 4.78 is 7.87. The smallest absolute Gasteiger partial charge is 0.119 e. The van der Waals surface area contributed by atoms with E-state index in [0.717, 1.165) is 31.7 Å². The Labute approximate surface area is 127 Å². The summed E-state index contributed by atoms with van der Waals surface area (Å²) in [5.74, 6) is 0.927. The van der Waals surface area contributed by atoms with Crippen molar-refractivity contribution in [2.45, 2.75) is 39.3 Å². The Hall–Kier alpha value is -1.81. The maximum absolute atomic E-state index is 5.82. The molecule has 1 aromatic carbocycles. The van der Waals surface area contributed by atoms with Crippen LogP contribution in [0.3, 0.4) is 0 Å². The summed E-state index contributed by atoms with van der Waals surface area (Å²) in [4.78, 5) is 0. The molecule has 0 aliphatic carbocycles. The third kappa shape index (κ3) is 4.60. The highest BCUT2D eigenvalue weighted by Gasteiger charge is 2.15. The van der Waals surface area contributed by atoms with E-state index in [1.54, 1.807) is 0 Å². The lowest BCUT2D eigenvalue weighted by Gasteiger charge is -2.20. The summed E-state index contributed by atoms with van der Waals surface area (Å²) in [7, 11) is 0. The minimum absolute atomic E-state index is 0.288. The van der Waals surface area contributed by atoms with Gasteiger partial charge in [-0.1, -0.05) is 25.1 Å². The van der Waals surface area contributed by atoms with Crippen molar-refractivity contribution in [3.8, 4) is 5.75 Å². The molecule has 1 aromatic heterocycles. The van der Waals surface area contributed by atoms with Gasteiger partial charge in [0, 0.05) is 19.2 Å². The number of aryl methyl sites for hydroxylation is 1. The van der Waals surface area contributed by atoms with E-state index in [9.17, 15) is 0 Å². The predicted octanol–water partition coefficient (Wildman–Crippen LogP) is 3.41. The molecule has 0 radical (unpaired) electrons. The van der Waals surface area contributed by atoms with Gasteiger partial charge in [-0.2, -0.15) is 5.10 Å². The lowest BCUT2D eigenvalue weighted by molar-refractivity contribution is 0.282. The molecule has 0 spiro atoms. The molecule has 1 unspecified atom stereocenters. The zero-order chi connectivity index (χ0) is 14.9. The topological polar surface area (TPSA) is 39.1 Å². The van der Waals surface area contributed by atoms with Crippen molar-refractivity contribution in [1.29, 1.82) is 0 Å². The van der Waals surface area contributed by atoms with E-state index in [-0.39, 0.29) is 6.04 Å². The number of hydrogen-bond acceptors (Lipinski definition) is 3. The number of benzene rings is 1. The Morgan fingerprint density at radius 3 is 2.71 bits per heavy atom. The summed E-state index contributed by atoms with van der Waals surface area (Å²) in [6.07, 6.45) is 3.93. The second-order valence-electron chi connectivity index (χ2n) is 5.03. The van der Waals surface area contributed by atoms with Gasteiger partial charge in [-0.05, 0) is 38.1 Å². The van der Waals surface area contributed by atoms with Crippen LogP contribution in [0.5, 0.6) is 5.75 Å². The highest BCUT2D eigenvalue weighted by molar-refractivity contribution is 5.20. The predicted molar refractivity (Wildman–Crippen MR) is 85.5 cm³/mol. The maximum Gasteiger partial charge on any atom is 0.119 e. The Morgan fingerprint density at radius 2 is 2.00 bits per heavy atom. The summed E-state index contributed by atoms with van der Waals surface area (Å²) >= 11 is 0. The van der Waals surface area contributed by atoms with E-state index in [1.807, 2.05) is 36.5 Å². The molecule has 0 saturated heterocycles. The number of aromatic nitrogens is 2. The van der Waals surface area contributed by atoms with Gasteiger partial charge in [-0.3, -0.25) is 4.68 Å². The van der Waals surface area contributed by atoms with E-state index in [2.05, 4.69) is 35.0 Å². The highest BCUT2D eigenvalue weighted by atomic mass is 16.5. The highest BCUT2D eigenvalue weighted by Crippen LogP contribution is 2.18. The standard InChI is InChI=1S/C17H25N3O/c1-3-12-18-16(17-10-13-19-20(17)4-2)11-14-21-15-8-6-5-7-9-15/h5-10,13,16,18H,3-4,11-12,14H2,1-2H3. The Balaban J connectivity index is 1.93. The van der Waals surface area contributed by atoms with Gasteiger partial charge in [0.15, 0.2) is 0 Å². The van der Waals surface area contributed by atoms with E-state index in [4.69, 9.17) is 4.74 Å². The van der Waals surface area contributed by atoms with E-state index in [0.29, 0.717) is 6.61 Å². The average Bonchev–Trinajstić information content (AvgIpc) is 3.00. The summed E-state index contributed by atoms with van der Waals surface area (Å²) in [6, 6.07) is 12.4. The molecule has 2 aromatic rings. The minimum atomic E-state index is 0.288. The van der Waals surface area contributed by atoms with Crippen molar-refractivity contribution in [3.05, 3.63) is 48.3 Å². The molecule has 21 heavy (non-hydrogen) atoms. The third-order valence-corrected chi connectivity index (χ3v) is 3.47. The molecule has 4 heteroatoms. The van der Waals surface area contributed by atoms with Crippen molar-refractivity contribution in [2.75, 3.05) is 13.2 Å². The Morgan fingerprint density at radius 1 is 1.19 bits per heavy atom. The maximum atomic E-state index is 5.82. The molecule has 0 fully saturated rings. The molecule has 4 nitrogen and oxygen atoms in total. The molecule has 1 atom stereocenters. The molecule has 0 saturated carbocycles. The van der Waals surface area contributed by atoms with Gasteiger partial charge in [0.1, 0.15) is 5.75 Å². The van der Waals surface area contributed by atoms with Crippen LogP contribution in [0.1, 0.15) is 38.4 Å². The SMILES string of the molecule is CCCNC(CCOc1ccccc1)c1ccnn1CC. The lowest BCUT2D eigenvalue weighted by atomic mass is 10.1. The van der Waals surface area contributed by atoms with E-state index >= 15 is 0 Å². The Bertz CT molecular complexity index is 510. The molecule has 0 aliphatic heterocycles. The first-order chi connectivity index (χ1) is 10.3. The number of nitrogens with zero attached hydrogens (tertiary/aromatic N) is 2. The summed E-state index contributed by atoms with van der Waals surface area (Å²) in [6.45, 7) is 6.90. The van der Waals surface area contributed by atoms with Crippen LogP contribution in [0.25, 0.3) is 0 Å². The third-order valence-electron chi connectivity index (χ3n) is 3.47. The van der Waals surface area contributed by atoms with Crippen LogP contribution in [0.2, 0.25) is 0 Å². The zero-order valence-corrected chi connectivity index (χ0v) is 13.0. The van der Waals surface area contributed by atoms with Crippen molar-refractivity contribution in [2.24, 2.45) is 0 Å². The normalized spacial score (nSPS) is 12.3. The fourth-order valence-corrected chi connectivity index (χ4v) is 2.39. The van der Waals surface area contributed by atoms with Gasteiger partial charge in [-0.25, -0.2) is 0 Å². The fraction of sp³-hybridized carbons (Fsp3) is 0.471. The summed E-state index contributed by atoms with van der Waals surface area (Å²) in [5, 5.41) is 7.96. The number of ether oxygens (including phenoxy) is 1. The van der Waals surface area contributed by atoms with E-state index < -0.39 is 0 Å². The number of rotatable bonds is 9. The number of nitrogens with one attached hydrogen (secondary N) is 1. The summed E-state index contributed by atoms with van der Waals surface area (Å²) in [5.41, 5.74) is 1.24. The molecule has 0 amide bonds. The minimum Gasteiger partial charge on any atom is -0.494 e. The van der Waals surface area contributed by atoms with Gasteiger partial charge in [0.05, 0.1) is 18.3 Å². The van der Waals surface area contributed by atoms with Crippen LogP contribution in [-0.4, -0.2) is 22.9 Å².